The Hall–Kier alpha value is -2.36. The fraction of sp³-hybridized carbons (Fsp3) is 0.294. The average Bonchev–Trinajstić information content (AvgIpc) is 2.48. The van der Waals surface area contributed by atoms with Crippen LogP contribution in [0.2, 0.25) is 0 Å². The van der Waals surface area contributed by atoms with E-state index in [1.165, 1.54) is 5.56 Å². The van der Waals surface area contributed by atoms with Gasteiger partial charge in [0, 0.05) is 30.7 Å². The molecule has 2 N–H and O–H groups in total. The summed E-state index contributed by atoms with van der Waals surface area (Å²) in [6, 6.07) is 11.8. The fourth-order valence-electron chi connectivity index (χ4n) is 2.08. The Morgan fingerprint density at radius 1 is 1.14 bits per heavy atom. The van der Waals surface area contributed by atoms with Crippen LogP contribution in [0.1, 0.15) is 29.8 Å². The van der Waals surface area contributed by atoms with Crippen LogP contribution in [0.15, 0.2) is 48.8 Å². The van der Waals surface area contributed by atoms with Crippen molar-refractivity contribution in [2.75, 3.05) is 11.9 Å². The minimum atomic E-state index is -0.0483. The predicted molar refractivity (Wildman–Crippen MR) is 85.5 cm³/mol. The smallest absolute Gasteiger partial charge is 0.253 e. The Kier molecular flexibility index (Phi) is 5.32. The predicted octanol–water partition coefficient (Wildman–Crippen LogP) is 2.87. The molecule has 0 radical (unpaired) electrons. The second-order valence-electron chi connectivity index (χ2n) is 5.21. The van der Waals surface area contributed by atoms with Gasteiger partial charge in [-0.05, 0) is 50.1 Å². The lowest BCUT2D eigenvalue weighted by atomic mass is 10.1. The zero-order valence-corrected chi connectivity index (χ0v) is 12.5. The molecule has 1 aromatic heterocycles. The summed E-state index contributed by atoms with van der Waals surface area (Å²) in [7, 11) is 0. The molecule has 0 saturated carbocycles. The number of rotatable bonds is 6. The molecule has 0 aliphatic heterocycles. The summed E-state index contributed by atoms with van der Waals surface area (Å²) in [4.78, 5) is 16.3. The van der Waals surface area contributed by atoms with Crippen molar-refractivity contribution in [1.82, 2.24) is 10.3 Å². The third-order valence-electron chi connectivity index (χ3n) is 3.06. The number of para-hydroxylation sites is 1. The van der Waals surface area contributed by atoms with E-state index in [2.05, 4.69) is 29.5 Å². The molecular formula is C17H21N3O. The van der Waals surface area contributed by atoms with Crippen molar-refractivity contribution in [3.8, 4) is 0 Å². The van der Waals surface area contributed by atoms with E-state index in [1.54, 1.807) is 12.4 Å². The van der Waals surface area contributed by atoms with Crippen molar-refractivity contribution < 1.29 is 4.79 Å². The first-order valence-electron chi connectivity index (χ1n) is 7.19. The van der Waals surface area contributed by atoms with Crippen LogP contribution in [-0.4, -0.2) is 23.5 Å². The maximum Gasteiger partial charge on any atom is 0.253 e. The highest BCUT2D eigenvalue weighted by Crippen LogP contribution is 2.15. The maximum absolute atomic E-state index is 12.3. The fourth-order valence-corrected chi connectivity index (χ4v) is 2.08. The summed E-state index contributed by atoms with van der Waals surface area (Å²) >= 11 is 0. The van der Waals surface area contributed by atoms with Crippen LogP contribution in [0.4, 0.5) is 5.69 Å². The molecule has 0 aliphatic carbocycles. The molecule has 1 heterocycles. The van der Waals surface area contributed by atoms with Gasteiger partial charge in [0.05, 0.1) is 5.56 Å². The largest absolute Gasteiger partial charge is 0.382 e. The van der Waals surface area contributed by atoms with Crippen LogP contribution in [0.5, 0.6) is 0 Å². The van der Waals surface area contributed by atoms with Gasteiger partial charge in [0.15, 0.2) is 0 Å². The number of pyridine rings is 1. The summed E-state index contributed by atoms with van der Waals surface area (Å²) in [6.07, 6.45) is 4.33. The molecule has 1 amide bonds. The molecular weight excluding hydrogens is 262 g/mol. The Balaban J connectivity index is 1.94. The summed E-state index contributed by atoms with van der Waals surface area (Å²) in [5, 5.41) is 6.25. The highest BCUT2D eigenvalue weighted by atomic mass is 16.1. The molecule has 4 nitrogen and oxygen atoms in total. The third-order valence-corrected chi connectivity index (χ3v) is 3.06. The van der Waals surface area contributed by atoms with Crippen molar-refractivity contribution in [3.05, 3.63) is 59.9 Å². The molecule has 0 spiro atoms. The van der Waals surface area contributed by atoms with Gasteiger partial charge in [-0.25, -0.2) is 0 Å². The van der Waals surface area contributed by atoms with Gasteiger partial charge in [0.2, 0.25) is 0 Å². The zero-order chi connectivity index (χ0) is 15.1. The molecule has 0 unspecified atom stereocenters. The van der Waals surface area contributed by atoms with Crippen molar-refractivity contribution in [1.29, 1.82) is 0 Å². The molecule has 0 aliphatic rings. The van der Waals surface area contributed by atoms with E-state index >= 15 is 0 Å². The van der Waals surface area contributed by atoms with Gasteiger partial charge in [0.25, 0.3) is 5.91 Å². The van der Waals surface area contributed by atoms with E-state index in [0.29, 0.717) is 12.1 Å². The van der Waals surface area contributed by atoms with Crippen molar-refractivity contribution in [3.63, 3.8) is 0 Å². The normalized spacial score (nSPS) is 10.4. The van der Waals surface area contributed by atoms with Gasteiger partial charge in [-0.3, -0.25) is 9.78 Å². The molecule has 0 saturated heterocycles. The molecule has 0 fully saturated rings. The summed E-state index contributed by atoms with van der Waals surface area (Å²) in [5.74, 6) is -0.0483. The van der Waals surface area contributed by atoms with Crippen LogP contribution < -0.4 is 10.6 Å². The number of benzene rings is 1. The van der Waals surface area contributed by atoms with Gasteiger partial charge in [-0.15, -0.1) is 0 Å². The molecule has 21 heavy (non-hydrogen) atoms. The van der Waals surface area contributed by atoms with Crippen molar-refractivity contribution in [2.45, 2.75) is 26.3 Å². The number of carbonyl (C=O) groups is 1. The van der Waals surface area contributed by atoms with Gasteiger partial charge in [-0.1, -0.05) is 12.1 Å². The van der Waals surface area contributed by atoms with Gasteiger partial charge >= 0.3 is 0 Å². The van der Waals surface area contributed by atoms with Crippen molar-refractivity contribution in [2.24, 2.45) is 0 Å². The number of aromatic nitrogens is 1. The zero-order valence-electron chi connectivity index (χ0n) is 12.5. The second-order valence-corrected chi connectivity index (χ2v) is 5.21. The number of amides is 1. The standard InChI is InChI=1S/C17H21N3O/c1-13(2)20-16-6-4-3-5-15(16)17(21)19-12-9-14-7-10-18-11-8-14/h3-8,10-11,13,20H,9,12H2,1-2H3,(H,19,21). The topological polar surface area (TPSA) is 54.0 Å². The first-order valence-corrected chi connectivity index (χ1v) is 7.19. The molecule has 0 bridgehead atoms. The first-order chi connectivity index (χ1) is 10.2. The number of nitrogens with one attached hydrogen (secondary N) is 2. The highest BCUT2D eigenvalue weighted by Gasteiger charge is 2.10. The molecule has 2 rings (SSSR count). The Bertz CT molecular complexity index is 582. The second kappa shape index (κ2) is 7.43. The van der Waals surface area contributed by atoms with E-state index in [1.807, 2.05) is 36.4 Å². The van der Waals surface area contributed by atoms with E-state index in [4.69, 9.17) is 0 Å². The average molecular weight is 283 g/mol. The summed E-state index contributed by atoms with van der Waals surface area (Å²) < 4.78 is 0. The van der Waals surface area contributed by atoms with Crippen LogP contribution in [0.3, 0.4) is 0 Å². The molecule has 110 valence electrons. The molecule has 2 aromatic rings. The molecule has 0 atom stereocenters. The Morgan fingerprint density at radius 2 is 1.86 bits per heavy atom. The summed E-state index contributed by atoms with van der Waals surface area (Å²) in [6.45, 7) is 4.72. The minimum absolute atomic E-state index is 0.0483. The SMILES string of the molecule is CC(C)Nc1ccccc1C(=O)NCCc1ccncc1. The van der Waals surface area contributed by atoms with Crippen molar-refractivity contribution >= 4 is 11.6 Å². The molecule has 1 aromatic carbocycles. The van der Waals surface area contributed by atoms with E-state index in [-0.39, 0.29) is 11.9 Å². The van der Waals surface area contributed by atoms with Crippen LogP contribution in [-0.2, 0) is 6.42 Å². The lowest BCUT2D eigenvalue weighted by molar-refractivity contribution is 0.0955. The minimum Gasteiger partial charge on any atom is -0.382 e. The maximum atomic E-state index is 12.3. The Morgan fingerprint density at radius 3 is 2.57 bits per heavy atom. The quantitative estimate of drug-likeness (QED) is 0.857. The van der Waals surface area contributed by atoms with Crippen LogP contribution in [0, 0.1) is 0 Å². The number of hydrogen-bond acceptors (Lipinski definition) is 3. The van der Waals surface area contributed by atoms with Gasteiger partial charge < -0.3 is 10.6 Å². The lowest BCUT2D eigenvalue weighted by Gasteiger charge is -2.14. The van der Waals surface area contributed by atoms with E-state index in [0.717, 1.165) is 12.1 Å². The monoisotopic (exact) mass is 283 g/mol. The van der Waals surface area contributed by atoms with Gasteiger partial charge in [-0.2, -0.15) is 0 Å². The lowest BCUT2D eigenvalue weighted by Crippen LogP contribution is -2.27. The molecule has 4 heteroatoms. The van der Waals surface area contributed by atoms with Gasteiger partial charge in [0.1, 0.15) is 0 Å². The highest BCUT2D eigenvalue weighted by molar-refractivity contribution is 5.99. The van der Waals surface area contributed by atoms with Crippen LogP contribution in [0.25, 0.3) is 0 Å². The third kappa shape index (κ3) is 4.60. The number of carbonyl (C=O) groups excluding carboxylic acids is 1. The van der Waals surface area contributed by atoms with E-state index < -0.39 is 0 Å². The summed E-state index contributed by atoms with van der Waals surface area (Å²) in [5.41, 5.74) is 2.72. The van der Waals surface area contributed by atoms with E-state index in [9.17, 15) is 4.79 Å². The Labute approximate surface area is 125 Å². The number of hydrogen-bond donors (Lipinski definition) is 2. The number of nitrogens with zero attached hydrogens (tertiary/aromatic N) is 1. The van der Waals surface area contributed by atoms with Crippen LogP contribution >= 0.6 is 0 Å². The first kappa shape index (κ1) is 15.0. The number of anilines is 1.